The molecule has 3 nitrogen and oxygen atoms in total. The van der Waals surface area contributed by atoms with Gasteiger partial charge in [-0.25, -0.2) is 4.98 Å². The summed E-state index contributed by atoms with van der Waals surface area (Å²) < 4.78 is 0. The van der Waals surface area contributed by atoms with Crippen molar-refractivity contribution in [2.75, 3.05) is 37.7 Å². The highest BCUT2D eigenvalue weighted by atomic mass is 31.1. The third-order valence-corrected chi connectivity index (χ3v) is 4.73. The van der Waals surface area contributed by atoms with Gasteiger partial charge in [-0.15, -0.1) is 0 Å². The van der Waals surface area contributed by atoms with E-state index in [1.807, 2.05) is 6.20 Å². The number of hydrogen-bond acceptors (Lipinski definition) is 3. The molecule has 0 N–H and O–H groups in total. The second-order valence-corrected chi connectivity index (χ2v) is 5.84. The van der Waals surface area contributed by atoms with E-state index in [1.54, 1.807) is 0 Å². The first-order valence-corrected chi connectivity index (χ1v) is 8.41. The fourth-order valence-corrected chi connectivity index (χ4v) is 3.15. The number of hydrogen-bond donors (Lipinski definition) is 0. The molecule has 1 aromatic rings. The zero-order valence-electron chi connectivity index (χ0n) is 11.7. The smallest absolute Gasteiger partial charge is 0.128 e. The average molecular weight is 265 g/mol. The van der Waals surface area contributed by atoms with E-state index in [2.05, 4.69) is 47.4 Å². The molecule has 2 rings (SSSR count). The quantitative estimate of drug-likeness (QED) is 0.758. The van der Waals surface area contributed by atoms with E-state index in [0.717, 1.165) is 40.6 Å². The Balaban J connectivity index is 1.99. The summed E-state index contributed by atoms with van der Waals surface area (Å²) in [7, 11) is 0.839. The van der Waals surface area contributed by atoms with Gasteiger partial charge in [-0.3, -0.25) is 4.90 Å². The number of anilines is 1. The average Bonchev–Trinajstić information content (AvgIpc) is 2.90. The van der Waals surface area contributed by atoms with Crippen LogP contribution in [0.5, 0.6) is 0 Å². The maximum atomic E-state index is 4.59. The van der Waals surface area contributed by atoms with Gasteiger partial charge in [0.2, 0.25) is 0 Å². The molecule has 1 saturated heterocycles. The molecular weight excluding hydrogens is 241 g/mol. The van der Waals surface area contributed by atoms with Crippen LogP contribution < -0.4 is 10.2 Å². The molecule has 2 unspecified atom stereocenters. The molecule has 0 amide bonds. The van der Waals surface area contributed by atoms with Crippen molar-refractivity contribution in [3.63, 3.8) is 0 Å². The Hall–Kier alpha value is -0.660. The summed E-state index contributed by atoms with van der Waals surface area (Å²) in [6.07, 6.45) is 3.29. The Bertz CT molecular complexity index is 362. The van der Waals surface area contributed by atoms with Crippen LogP contribution in [0.3, 0.4) is 0 Å². The predicted octanol–water partition coefficient (Wildman–Crippen LogP) is 1.94. The molecule has 0 saturated carbocycles. The Morgan fingerprint density at radius 1 is 1.39 bits per heavy atom. The van der Waals surface area contributed by atoms with Crippen LogP contribution in [0.1, 0.15) is 20.3 Å². The van der Waals surface area contributed by atoms with Crippen molar-refractivity contribution >= 4 is 19.7 Å². The third-order valence-electron chi connectivity index (χ3n) is 3.85. The Kier molecular flexibility index (Phi) is 4.96. The molecule has 0 spiro atoms. The molecule has 0 bridgehead atoms. The van der Waals surface area contributed by atoms with E-state index in [0.29, 0.717) is 6.04 Å². The lowest BCUT2D eigenvalue weighted by atomic mass is 10.2. The summed E-state index contributed by atoms with van der Waals surface area (Å²) in [5.41, 5.74) is 0. The van der Waals surface area contributed by atoms with Gasteiger partial charge in [-0.2, -0.15) is 0 Å². The van der Waals surface area contributed by atoms with E-state index in [-0.39, 0.29) is 0 Å². The molecular formula is C14H24N3P. The molecule has 18 heavy (non-hydrogen) atoms. The highest BCUT2D eigenvalue weighted by Gasteiger charge is 2.26. The lowest BCUT2D eigenvalue weighted by molar-refractivity contribution is 0.232. The van der Waals surface area contributed by atoms with Crippen molar-refractivity contribution in [2.45, 2.75) is 26.3 Å². The Morgan fingerprint density at radius 3 is 2.72 bits per heavy atom. The minimum Gasteiger partial charge on any atom is -0.355 e. The van der Waals surface area contributed by atoms with Gasteiger partial charge in [-0.05, 0) is 43.6 Å². The van der Waals surface area contributed by atoms with Crippen LogP contribution in [0.25, 0.3) is 0 Å². The standard InChI is InChI=1S/C14H24N3P/c1-4-16(5-2)12-8-9-17(11-12)14-7-6-13(18-3)10-15-14/h6-7,10,12,18H,4-5,8-9,11H2,1-3H3. The van der Waals surface area contributed by atoms with Crippen LogP contribution in [0.4, 0.5) is 5.82 Å². The van der Waals surface area contributed by atoms with Crippen LogP contribution in [-0.4, -0.2) is 48.8 Å². The minimum absolute atomic E-state index is 0.703. The molecule has 2 atom stereocenters. The topological polar surface area (TPSA) is 19.4 Å². The van der Waals surface area contributed by atoms with Crippen molar-refractivity contribution in [1.29, 1.82) is 0 Å². The van der Waals surface area contributed by atoms with Crippen LogP contribution in [-0.2, 0) is 0 Å². The van der Waals surface area contributed by atoms with Crippen molar-refractivity contribution < 1.29 is 0 Å². The summed E-state index contributed by atoms with van der Waals surface area (Å²) in [6.45, 7) is 11.3. The predicted molar refractivity (Wildman–Crippen MR) is 81.6 cm³/mol. The van der Waals surface area contributed by atoms with Gasteiger partial charge in [-0.1, -0.05) is 22.4 Å². The molecule has 0 aliphatic carbocycles. The number of aromatic nitrogens is 1. The lowest BCUT2D eigenvalue weighted by Crippen LogP contribution is -2.37. The fourth-order valence-electron chi connectivity index (χ4n) is 2.71. The lowest BCUT2D eigenvalue weighted by Gasteiger charge is -2.26. The summed E-state index contributed by atoms with van der Waals surface area (Å²) in [5, 5.41) is 1.35. The Labute approximate surface area is 112 Å². The zero-order chi connectivity index (χ0) is 13.0. The van der Waals surface area contributed by atoms with Gasteiger partial charge in [0.25, 0.3) is 0 Å². The molecule has 0 aromatic carbocycles. The van der Waals surface area contributed by atoms with Gasteiger partial charge in [0.1, 0.15) is 5.82 Å². The van der Waals surface area contributed by atoms with Gasteiger partial charge >= 0.3 is 0 Å². The summed E-state index contributed by atoms with van der Waals surface area (Å²) >= 11 is 0. The van der Waals surface area contributed by atoms with Crippen LogP contribution in [0, 0.1) is 0 Å². The molecule has 1 aromatic heterocycles. The molecule has 2 heterocycles. The van der Waals surface area contributed by atoms with Gasteiger partial charge in [0, 0.05) is 25.3 Å². The van der Waals surface area contributed by atoms with Gasteiger partial charge in [0.05, 0.1) is 0 Å². The monoisotopic (exact) mass is 265 g/mol. The second kappa shape index (κ2) is 6.49. The van der Waals surface area contributed by atoms with Gasteiger partial charge in [0.15, 0.2) is 0 Å². The van der Waals surface area contributed by atoms with Crippen molar-refractivity contribution in [3.05, 3.63) is 18.3 Å². The highest BCUT2D eigenvalue weighted by Crippen LogP contribution is 2.21. The number of likely N-dealkylation sites (N-methyl/N-ethyl adjacent to an activating group) is 1. The van der Waals surface area contributed by atoms with Crippen molar-refractivity contribution in [2.24, 2.45) is 0 Å². The molecule has 0 radical (unpaired) electrons. The number of pyridine rings is 1. The zero-order valence-corrected chi connectivity index (χ0v) is 12.7. The van der Waals surface area contributed by atoms with E-state index in [1.165, 1.54) is 11.7 Å². The maximum Gasteiger partial charge on any atom is 0.128 e. The maximum absolute atomic E-state index is 4.59. The van der Waals surface area contributed by atoms with E-state index in [9.17, 15) is 0 Å². The molecule has 100 valence electrons. The van der Waals surface area contributed by atoms with E-state index >= 15 is 0 Å². The first kappa shape index (κ1) is 13.8. The number of rotatable bonds is 5. The number of nitrogens with zero attached hydrogens (tertiary/aromatic N) is 3. The second-order valence-electron chi connectivity index (χ2n) is 4.76. The van der Waals surface area contributed by atoms with E-state index in [4.69, 9.17) is 0 Å². The van der Waals surface area contributed by atoms with E-state index < -0.39 is 0 Å². The fraction of sp³-hybridized carbons (Fsp3) is 0.643. The SMILES string of the molecule is CCN(CC)C1CCN(c2ccc(PC)cn2)C1. The van der Waals surface area contributed by atoms with Crippen LogP contribution >= 0.6 is 8.58 Å². The summed E-state index contributed by atoms with van der Waals surface area (Å²) in [6, 6.07) is 5.09. The molecule has 4 heteroatoms. The summed E-state index contributed by atoms with van der Waals surface area (Å²) in [4.78, 5) is 9.57. The first-order chi connectivity index (χ1) is 8.78. The molecule has 1 aliphatic heterocycles. The third kappa shape index (κ3) is 3.02. The largest absolute Gasteiger partial charge is 0.355 e. The van der Waals surface area contributed by atoms with Crippen LogP contribution in [0.15, 0.2) is 18.3 Å². The first-order valence-electron chi connectivity index (χ1n) is 6.91. The van der Waals surface area contributed by atoms with Gasteiger partial charge < -0.3 is 4.90 Å². The molecule has 1 aliphatic rings. The summed E-state index contributed by atoms with van der Waals surface area (Å²) in [5.74, 6) is 1.15. The normalized spacial score (nSPS) is 20.4. The highest BCUT2D eigenvalue weighted by molar-refractivity contribution is 7.46. The molecule has 1 fully saturated rings. The van der Waals surface area contributed by atoms with Crippen LogP contribution in [0.2, 0.25) is 0 Å². The van der Waals surface area contributed by atoms with Crippen molar-refractivity contribution in [3.8, 4) is 0 Å². The van der Waals surface area contributed by atoms with Crippen molar-refractivity contribution in [1.82, 2.24) is 9.88 Å². The Morgan fingerprint density at radius 2 is 2.17 bits per heavy atom. The minimum atomic E-state index is 0.703.